The van der Waals surface area contributed by atoms with Crippen LogP contribution in [0.3, 0.4) is 0 Å². The first-order chi connectivity index (χ1) is 6.20. The molecule has 0 heterocycles. The molecular weight excluding hydrogens is 184 g/mol. The average Bonchev–Trinajstić information content (AvgIpc) is 2.05. The van der Waals surface area contributed by atoms with Crippen LogP contribution in [0.1, 0.15) is 13.8 Å². The molecule has 3 nitrogen and oxygen atoms in total. The van der Waals surface area contributed by atoms with Crippen LogP contribution in [0.4, 0.5) is 0 Å². The summed E-state index contributed by atoms with van der Waals surface area (Å²) < 4.78 is 0. The van der Waals surface area contributed by atoms with E-state index in [2.05, 4.69) is 23.8 Å². The number of nitrogens with one attached hydrogen (secondary N) is 2. The van der Waals surface area contributed by atoms with Crippen LogP contribution in [0.25, 0.3) is 0 Å². The summed E-state index contributed by atoms with van der Waals surface area (Å²) in [5, 5.41) is 5.87. The van der Waals surface area contributed by atoms with E-state index in [1.54, 1.807) is 0 Å². The number of carbonyl (C=O) groups excluding carboxylic acids is 1. The van der Waals surface area contributed by atoms with E-state index in [9.17, 15) is 4.79 Å². The summed E-state index contributed by atoms with van der Waals surface area (Å²) in [6, 6.07) is 0. The molecule has 0 aromatic rings. The summed E-state index contributed by atoms with van der Waals surface area (Å²) in [6.07, 6.45) is 2.10. The maximum Gasteiger partial charge on any atom is 0.233 e. The van der Waals surface area contributed by atoms with Crippen molar-refractivity contribution in [1.29, 1.82) is 0 Å². The molecule has 2 N–H and O–H groups in total. The van der Waals surface area contributed by atoms with Gasteiger partial charge in [0.15, 0.2) is 0 Å². The molecule has 0 aliphatic heterocycles. The quantitative estimate of drug-likeness (QED) is 0.642. The van der Waals surface area contributed by atoms with Crippen LogP contribution < -0.4 is 10.6 Å². The lowest BCUT2D eigenvalue weighted by Gasteiger charge is -2.10. The molecule has 4 heteroatoms. The third kappa shape index (κ3) is 8.12. The zero-order valence-corrected chi connectivity index (χ0v) is 9.54. The maximum atomic E-state index is 11.0. The van der Waals surface area contributed by atoms with E-state index in [1.165, 1.54) is 0 Å². The van der Waals surface area contributed by atoms with Crippen molar-refractivity contribution in [2.24, 2.45) is 5.92 Å². The summed E-state index contributed by atoms with van der Waals surface area (Å²) >= 11 is 1.84. The minimum Gasteiger partial charge on any atom is -0.355 e. The van der Waals surface area contributed by atoms with Crippen molar-refractivity contribution in [2.75, 3.05) is 31.6 Å². The zero-order valence-electron chi connectivity index (χ0n) is 8.72. The molecule has 0 bridgehead atoms. The molecule has 0 aliphatic carbocycles. The third-order valence-electron chi connectivity index (χ3n) is 1.60. The van der Waals surface area contributed by atoms with Gasteiger partial charge in [0, 0.05) is 6.54 Å². The summed E-state index contributed by atoms with van der Waals surface area (Å²) in [6.45, 7) is 6.17. The Labute approximate surface area is 85.0 Å². The number of thioether (sulfide) groups is 1. The summed E-state index contributed by atoms with van der Waals surface area (Å²) in [4.78, 5) is 11.0. The Hall–Kier alpha value is -0.220. The van der Waals surface area contributed by atoms with Crippen molar-refractivity contribution in [1.82, 2.24) is 10.6 Å². The monoisotopic (exact) mass is 204 g/mol. The fourth-order valence-electron chi connectivity index (χ4n) is 1.04. The topological polar surface area (TPSA) is 41.1 Å². The number of likely N-dealkylation sites (N-methyl/N-ethyl adjacent to an activating group) is 1. The predicted octanol–water partition coefficient (Wildman–Crippen LogP) is 0.711. The van der Waals surface area contributed by atoms with Crippen LogP contribution >= 0.6 is 11.8 Å². The lowest BCUT2D eigenvalue weighted by Crippen LogP contribution is -2.35. The van der Waals surface area contributed by atoms with Gasteiger partial charge in [0.1, 0.15) is 0 Å². The zero-order chi connectivity index (χ0) is 10.1. The number of hydrogen-bond donors (Lipinski definition) is 2. The Kier molecular flexibility index (Phi) is 8.24. The molecule has 0 aromatic heterocycles. The van der Waals surface area contributed by atoms with Gasteiger partial charge in [-0.2, -0.15) is 11.8 Å². The average molecular weight is 204 g/mol. The highest BCUT2D eigenvalue weighted by Crippen LogP contribution is 2.01. The number of rotatable bonds is 7. The molecule has 0 fully saturated rings. The molecule has 78 valence electrons. The van der Waals surface area contributed by atoms with E-state index in [4.69, 9.17) is 0 Å². The van der Waals surface area contributed by atoms with Crippen molar-refractivity contribution in [2.45, 2.75) is 13.8 Å². The van der Waals surface area contributed by atoms with Crippen molar-refractivity contribution in [3.05, 3.63) is 0 Å². The number of amides is 1. The lowest BCUT2D eigenvalue weighted by atomic mass is 10.2. The molecule has 1 atom stereocenters. The molecule has 1 amide bonds. The molecule has 0 spiro atoms. The van der Waals surface area contributed by atoms with E-state index in [0.717, 1.165) is 12.3 Å². The first-order valence-corrected chi connectivity index (χ1v) is 6.06. The minimum absolute atomic E-state index is 0.0823. The Morgan fingerprint density at radius 1 is 1.54 bits per heavy atom. The highest BCUT2D eigenvalue weighted by molar-refractivity contribution is 7.98. The van der Waals surface area contributed by atoms with Gasteiger partial charge in [0.2, 0.25) is 5.91 Å². The molecule has 0 saturated heterocycles. The summed E-state index contributed by atoms with van der Waals surface area (Å²) in [7, 11) is 0. The highest BCUT2D eigenvalue weighted by Gasteiger charge is 2.02. The highest BCUT2D eigenvalue weighted by atomic mass is 32.2. The lowest BCUT2D eigenvalue weighted by molar-refractivity contribution is -0.120. The van der Waals surface area contributed by atoms with E-state index >= 15 is 0 Å². The normalized spacial score (nSPS) is 12.5. The number of hydrogen-bond acceptors (Lipinski definition) is 3. The molecule has 0 saturated carbocycles. The molecule has 0 aliphatic rings. The van der Waals surface area contributed by atoms with Gasteiger partial charge in [-0.15, -0.1) is 0 Å². The largest absolute Gasteiger partial charge is 0.355 e. The summed E-state index contributed by atoms with van der Waals surface area (Å²) in [5.41, 5.74) is 0. The van der Waals surface area contributed by atoms with Crippen molar-refractivity contribution in [3.63, 3.8) is 0 Å². The van der Waals surface area contributed by atoms with Gasteiger partial charge in [-0.05, 0) is 31.4 Å². The van der Waals surface area contributed by atoms with Crippen molar-refractivity contribution >= 4 is 17.7 Å². The van der Waals surface area contributed by atoms with Crippen LogP contribution in [0, 0.1) is 5.92 Å². The van der Waals surface area contributed by atoms with Crippen LogP contribution in [0.15, 0.2) is 0 Å². The van der Waals surface area contributed by atoms with E-state index < -0.39 is 0 Å². The smallest absolute Gasteiger partial charge is 0.233 e. The Bertz CT molecular complexity index is 142. The first kappa shape index (κ1) is 12.8. The second kappa shape index (κ2) is 8.38. The summed E-state index contributed by atoms with van der Waals surface area (Å²) in [5.74, 6) is 1.85. The second-order valence-electron chi connectivity index (χ2n) is 3.14. The van der Waals surface area contributed by atoms with Crippen LogP contribution in [0.5, 0.6) is 0 Å². The van der Waals surface area contributed by atoms with Gasteiger partial charge < -0.3 is 10.6 Å². The van der Waals surface area contributed by atoms with Crippen LogP contribution in [-0.4, -0.2) is 37.6 Å². The Morgan fingerprint density at radius 3 is 2.77 bits per heavy atom. The molecule has 0 radical (unpaired) electrons. The molecule has 0 aromatic carbocycles. The van der Waals surface area contributed by atoms with E-state index in [0.29, 0.717) is 19.0 Å². The fourth-order valence-corrected chi connectivity index (χ4v) is 1.72. The predicted molar refractivity (Wildman–Crippen MR) is 59.1 cm³/mol. The van der Waals surface area contributed by atoms with Crippen LogP contribution in [-0.2, 0) is 4.79 Å². The second-order valence-corrected chi connectivity index (χ2v) is 4.06. The third-order valence-corrected chi connectivity index (χ3v) is 2.51. The van der Waals surface area contributed by atoms with Gasteiger partial charge in [0.25, 0.3) is 0 Å². The Balaban J connectivity index is 3.28. The van der Waals surface area contributed by atoms with Crippen molar-refractivity contribution in [3.8, 4) is 0 Å². The standard InChI is InChI=1S/C9H20N2OS/c1-4-11-9(12)6-10-5-8(2)7-13-3/h8,10H,4-7H2,1-3H3,(H,11,12). The minimum atomic E-state index is 0.0823. The SMILES string of the molecule is CCNC(=O)CNCC(C)CSC. The van der Waals surface area contributed by atoms with E-state index in [1.807, 2.05) is 18.7 Å². The van der Waals surface area contributed by atoms with Gasteiger partial charge >= 0.3 is 0 Å². The van der Waals surface area contributed by atoms with Crippen molar-refractivity contribution < 1.29 is 4.79 Å². The molecule has 1 unspecified atom stereocenters. The number of carbonyl (C=O) groups is 1. The maximum absolute atomic E-state index is 11.0. The van der Waals surface area contributed by atoms with Gasteiger partial charge in [-0.25, -0.2) is 0 Å². The first-order valence-electron chi connectivity index (χ1n) is 4.67. The fraction of sp³-hybridized carbons (Fsp3) is 0.889. The molecule has 0 rings (SSSR count). The van der Waals surface area contributed by atoms with Gasteiger partial charge in [0.05, 0.1) is 6.54 Å². The van der Waals surface area contributed by atoms with Gasteiger partial charge in [-0.3, -0.25) is 4.79 Å². The van der Waals surface area contributed by atoms with E-state index in [-0.39, 0.29) is 5.91 Å². The molecule has 13 heavy (non-hydrogen) atoms. The van der Waals surface area contributed by atoms with Gasteiger partial charge in [-0.1, -0.05) is 6.92 Å². The Morgan fingerprint density at radius 2 is 2.23 bits per heavy atom. The van der Waals surface area contributed by atoms with Crippen LogP contribution in [0.2, 0.25) is 0 Å². The molecular formula is C9H20N2OS.